The van der Waals surface area contributed by atoms with Gasteiger partial charge in [-0.05, 0) is 17.5 Å². The Kier molecular flexibility index (Phi) is 1.95. The van der Waals surface area contributed by atoms with E-state index < -0.39 is 0 Å². The third kappa shape index (κ3) is 1.33. The number of hydrogen-bond donors (Lipinski definition) is 0. The van der Waals surface area contributed by atoms with Gasteiger partial charge in [0.25, 0.3) is 5.52 Å². The second-order valence-corrected chi connectivity index (χ2v) is 5.33. The van der Waals surface area contributed by atoms with Crippen molar-refractivity contribution in [2.75, 3.05) is 0 Å². The van der Waals surface area contributed by atoms with Crippen LogP contribution in [0.3, 0.4) is 0 Å². The summed E-state index contributed by atoms with van der Waals surface area (Å²) in [5.74, 6) is 1.76. The predicted octanol–water partition coefficient (Wildman–Crippen LogP) is 2.86. The van der Waals surface area contributed by atoms with Crippen molar-refractivity contribution < 1.29 is 14.4 Å². The van der Waals surface area contributed by atoms with E-state index >= 15 is 0 Å². The number of fused-ring (bicyclic) bond motifs is 7. The van der Waals surface area contributed by atoms with Crippen LogP contribution in [0.2, 0.25) is 0 Å². The number of aromatic nitrogens is 1. The van der Waals surface area contributed by atoms with E-state index in [1.165, 1.54) is 0 Å². The number of hydrogen-bond acceptors (Lipinski definition) is 2. The normalized spacial score (nSPS) is 12.6. The van der Waals surface area contributed by atoms with Gasteiger partial charge < -0.3 is 9.84 Å². The van der Waals surface area contributed by atoms with Crippen LogP contribution in [-0.4, -0.2) is 0 Å². The minimum absolute atomic E-state index is 0.313. The van der Waals surface area contributed by atoms with Crippen molar-refractivity contribution in [1.82, 2.24) is 0 Å². The Balaban J connectivity index is 2.13. The van der Waals surface area contributed by atoms with E-state index in [-0.39, 0.29) is 6.73 Å². The largest absolute Gasteiger partial charge is 0.801 e. The highest BCUT2D eigenvalue weighted by Gasteiger charge is 2.34. The molecule has 5 rings (SSSR count). The zero-order valence-electron chi connectivity index (χ0n) is 11.2. The molecule has 0 aliphatic carbocycles. The summed E-state index contributed by atoms with van der Waals surface area (Å²) in [6.45, 7) is -0.313. The van der Waals surface area contributed by atoms with E-state index in [0.717, 1.165) is 44.1 Å². The minimum atomic E-state index is -0.313. The van der Waals surface area contributed by atoms with Gasteiger partial charge in [0.1, 0.15) is 0 Å². The fourth-order valence-corrected chi connectivity index (χ4v) is 3.26. The van der Waals surface area contributed by atoms with Crippen LogP contribution < -0.4 is 14.4 Å². The van der Waals surface area contributed by atoms with E-state index in [1.807, 2.05) is 41.0 Å². The highest BCUT2D eigenvalue weighted by atomic mass is 16.6. The number of benzene rings is 3. The molecule has 0 radical (unpaired) electrons. The van der Waals surface area contributed by atoms with Gasteiger partial charge in [-0.25, -0.2) is 4.57 Å². The molecule has 21 heavy (non-hydrogen) atoms. The van der Waals surface area contributed by atoms with E-state index in [0.29, 0.717) is 0 Å². The topological polar surface area (TPSA) is 39.5 Å². The average Bonchev–Trinajstić information content (AvgIpc) is 3.34. The first kappa shape index (κ1) is 11.1. The number of ether oxygens (including phenoxy) is 1. The molecule has 4 aromatic rings. The third-order valence-electron chi connectivity index (χ3n) is 4.23. The lowest BCUT2D eigenvalue weighted by Gasteiger charge is -2.07. The van der Waals surface area contributed by atoms with E-state index in [2.05, 4.69) is 18.2 Å². The second-order valence-electron chi connectivity index (χ2n) is 5.33. The summed E-state index contributed by atoms with van der Waals surface area (Å²) in [4.78, 5) is 0. The Morgan fingerprint density at radius 1 is 0.857 bits per heavy atom. The fourth-order valence-electron chi connectivity index (χ4n) is 3.26. The first-order valence-corrected chi connectivity index (χ1v) is 6.94. The quantitative estimate of drug-likeness (QED) is 0.204. The van der Waals surface area contributed by atoms with Crippen LogP contribution >= 0.6 is 0 Å². The van der Waals surface area contributed by atoms with Crippen molar-refractivity contribution in [1.29, 1.82) is 0 Å². The van der Waals surface area contributed by atoms with E-state index in [1.54, 1.807) is 0 Å². The fraction of sp³-hybridized carbons (Fsp3) is 0.0556. The van der Waals surface area contributed by atoms with Crippen LogP contribution in [0.1, 0.15) is 0 Å². The van der Waals surface area contributed by atoms with Crippen LogP contribution in [0.15, 0.2) is 54.6 Å². The summed E-state index contributed by atoms with van der Waals surface area (Å²) >= 11 is 0. The van der Waals surface area contributed by atoms with Crippen molar-refractivity contribution >= 4 is 32.6 Å². The lowest BCUT2D eigenvalue weighted by atomic mass is 10.0. The average molecular weight is 273 g/mol. The maximum absolute atomic E-state index is 11.8. The molecule has 100 valence electrons. The van der Waals surface area contributed by atoms with Crippen LogP contribution in [0, 0.1) is 0 Å². The molecule has 3 aromatic carbocycles. The first-order valence-electron chi connectivity index (χ1n) is 6.94. The van der Waals surface area contributed by atoms with Crippen molar-refractivity contribution in [2.24, 2.45) is 0 Å². The summed E-state index contributed by atoms with van der Waals surface area (Å²) < 4.78 is 7.50. The zero-order chi connectivity index (χ0) is 14.0. The molecule has 0 amide bonds. The van der Waals surface area contributed by atoms with E-state index in [9.17, 15) is 5.11 Å². The molecule has 0 saturated carbocycles. The van der Waals surface area contributed by atoms with Gasteiger partial charge in [0.05, 0.1) is 12.1 Å². The van der Waals surface area contributed by atoms with Gasteiger partial charge in [-0.15, -0.1) is 0 Å². The molecule has 1 aromatic heterocycles. The second kappa shape index (κ2) is 3.71. The highest BCUT2D eigenvalue weighted by molar-refractivity contribution is 6.16. The van der Waals surface area contributed by atoms with Gasteiger partial charge in [-0.3, -0.25) is 0 Å². The van der Waals surface area contributed by atoms with Gasteiger partial charge in [0.2, 0.25) is 11.3 Å². The SMILES string of the molecule is [O-]C[n+]1c2ccccc2cc2c3ccccc3c3c(c21)O3. The van der Waals surface area contributed by atoms with Gasteiger partial charge in [-0.2, -0.15) is 0 Å². The predicted molar refractivity (Wildman–Crippen MR) is 79.2 cm³/mol. The lowest BCUT2D eigenvalue weighted by Crippen LogP contribution is -2.41. The Labute approximate surface area is 120 Å². The molecule has 0 atom stereocenters. The number of nitrogens with zero attached hydrogens (tertiary/aromatic N) is 1. The van der Waals surface area contributed by atoms with Crippen molar-refractivity contribution in [3.05, 3.63) is 54.6 Å². The lowest BCUT2D eigenvalue weighted by molar-refractivity contribution is -0.779. The van der Waals surface area contributed by atoms with E-state index in [4.69, 9.17) is 4.74 Å². The molecular weight excluding hydrogens is 262 g/mol. The molecule has 0 fully saturated rings. The molecule has 3 heteroatoms. The summed E-state index contributed by atoms with van der Waals surface area (Å²) in [7, 11) is 0. The maximum Gasteiger partial charge on any atom is 0.259 e. The maximum atomic E-state index is 11.8. The Hall–Kier alpha value is -2.65. The summed E-state index contributed by atoms with van der Waals surface area (Å²) in [5.41, 5.74) is 1.87. The molecule has 0 saturated heterocycles. The molecule has 0 spiro atoms. The van der Waals surface area contributed by atoms with Crippen LogP contribution in [0.4, 0.5) is 0 Å². The molecule has 3 nitrogen and oxygen atoms in total. The molecule has 0 N–H and O–H groups in total. The van der Waals surface area contributed by atoms with Gasteiger partial charge in [0.15, 0.2) is 5.75 Å². The standard InChI is InChI=1S/C18H11NO2/c20-10-19-15-8-4-1-5-11(15)9-14-12-6-2-3-7-13(12)17-18(21-17)16(14)19/h1-9H,10H2. The first-order chi connectivity index (χ1) is 10.4. The highest BCUT2D eigenvalue weighted by Crippen LogP contribution is 2.55. The van der Waals surface area contributed by atoms with Gasteiger partial charge in [0, 0.05) is 16.8 Å². The minimum Gasteiger partial charge on any atom is -0.801 e. The van der Waals surface area contributed by atoms with Crippen LogP contribution in [0.5, 0.6) is 11.5 Å². The number of rotatable bonds is 1. The van der Waals surface area contributed by atoms with Crippen LogP contribution in [-0.2, 0) is 6.73 Å². The number of pyridine rings is 1. The smallest absolute Gasteiger partial charge is 0.259 e. The van der Waals surface area contributed by atoms with Crippen LogP contribution in [0.25, 0.3) is 32.6 Å². The van der Waals surface area contributed by atoms with Crippen molar-refractivity contribution in [3.8, 4) is 11.5 Å². The Morgan fingerprint density at radius 3 is 2.48 bits per heavy atom. The monoisotopic (exact) mass is 273 g/mol. The molecule has 0 unspecified atom stereocenters. The Bertz CT molecular complexity index is 1050. The molecule has 2 heterocycles. The van der Waals surface area contributed by atoms with Gasteiger partial charge in [-0.1, -0.05) is 36.4 Å². The molecule has 1 aliphatic heterocycles. The van der Waals surface area contributed by atoms with Gasteiger partial charge >= 0.3 is 0 Å². The molecule has 0 bridgehead atoms. The summed E-state index contributed by atoms with van der Waals surface area (Å²) in [5, 5.41) is 16.2. The summed E-state index contributed by atoms with van der Waals surface area (Å²) in [6.07, 6.45) is 0. The van der Waals surface area contributed by atoms with Crippen molar-refractivity contribution in [2.45, 2.75) is 6.73 Å². The van der Waals surface area contributed by atoms with Crippen molar-refractivity contribution in [3.63, 3.8) is 0 Å². The summed E-state index contributed by atoms with van der Waals surface area (Å²) in [6, 6.07) is 18.3. The third-order valence-corrected chi connectivity index (χ3v) is 4.23. The molecular formula is C18H11NO2. The zero-order valence-corrected chi connectivity index (χ0v) is 11.2. The number of para-hydroxylation sites is 1. The Morgan fingerprint density at radius 2 is 1.62 bits per heavy atom. The molecule has 1 aliphatic rings.